The van der Waals surface area contributed by atoms with Gasteiger partial charge in [0.25, 0.3) is 5.91 Å². The number of nitrogens with one attached hydrogen (secondary N) is 1. The van der Waals surface area contributed by atoms with Crippen molar-refractivity contribution in [1.82, 2.24) is 0 Å². The second-order valence-electron chi connectivity index (χ2n) is 4.49. The Kier molecular flexibility index (Phi) is 5.48. The summed E-state index contributed by atoms with van der Waals surface area (Å²) in [7, 11) is 0. The first-order chi connectivity index (χ1) is 10.1. The Morgan fingerprint density at radius 1 is 1.14 bits per heavy atom. The van der Waals surface area contributed by atoms with Crippen LogP contribution in [0.3, 0.4) is 0 Å². The number of amides is 1. The van der Waals surface area contributed by atoms with Crippen LogP contribution in [0.2, 0.25) is 10.0 Å². The third-order valence-corrected chi connectivity index (χ3v) is 3.13. The number of carbonyl (C=O) groups is 1. The number of hydrogen-bond donors (Lipinski definition) is 1. The van der Waals surface area contributed by atoms with Crippen molar-refractivity contribution in [3.8, 4) is 5.75 Å². The summed E-state index contributed by atoms with van der Waals surface area (Å²) in [5.74, 6) is 0.450. The number of ether oxygens (including phenoxy) is 1. The average molecular weight is 324 g/mol. The van der Waals surface area contributed by atoms with E-state index in [2.05, 4.69) is 5.32 Å². The summed E-state index contributed by atoms with van der Waals surface area (Å²) in [5.41, 5.74) is 1.07. The van der Waals surface area contributed by atoms with Gasteiger partial charge in [0.1, 0.15) is 5.75 Å². The summed E-state index contributed by atoms with van der Waals surface area (Å²) in [6.07, 6.45) is 0.928. The summed E-state index contributed by atoms with van der Waals surface area (Å²) in [6.45, 7) is 2.68. The van der Waals surface area contributed by atoms with E-state index in [9.17, 15) is 4.79 Å². The highest BCUT2D eigenvalue weighted by Crippen LogP contribution is 2.21. The van der Waals surface area contributed by atoms with Gasteiger partial charge in [-0.3, -0.25) is 4.79 Å². The van der Waals surface area contributed by atoms with Crippen LogP contribution in [0.1, 0.15) is 23.7 Å². The van der Waals surface area contributed by atoms with Gasteiger partial charge in [-0.25, -0.2) is 0 Å². The fourth-order valence-electron chi connectivity index (χ4n) is 1.77. The molecule has 0 aliphatic carbocycles. The highest BCUT2D eigenvalue weighted by atomic mass is 35.5. The molecule has 2 aromatic carbocycles. The summed E-state index contributed by atoms with van der Waals surface area (Å²) >= 11 is 11.8. The molecule has 2 rings (SSSR count). The largest absolute Gasteiger partial charge is 0.494 e. The van der Waals surface area contributed by atoms with Crippen molar-refractivity contribution in [3.05, 3.63) is 58.1 Å². The SMILES string of the molecule is CCCOc1cccc(NC(=O)c2cc(Cl)cc(Cl)c2)c1. The average Bonchev–Trinajstić information content (AvgIpc) is 2.44. The Bertz CT molecular complexity index is 624. The molecule has 2 aromatic rings. The van der Waals surface area contributed by atoms with Crippen molar-refractivity contribution in [2.75, 3.05) is 11.9 Å². The van der Waals surface area contributed by atoms with Crippen LogP contribution >= 0.6 is 23.2 Å². The number of benzene rings is 2. The molecule has 21 heavy (non-hydrogen) atoms. The lowest BCUT2D eigenvalue weighted by atomic mass is 10.2. The highest BCUT2D eigenvalue weighted by Gasteiger charge is 2.09. The third kappa shape index (κ3) is 4.66. The van der Waals surface area contributed by atoms with Gasteiger partial charge >= 0.3 is 0 Å². The van der Waals surface area contributed by atoms with Crippen LogP contribution in [-0.4, -0.2) is 12.5 Å². The third-order valence-electron chi connectivity index (χ3n) is 2.69. The minimum Gasteiger partial charge on any atom is -0.494 e. The molecule has 0 aliphatic rings. The minimum absolute atomic E-state index is 0.271. The molecule has 0 bridgehead atoms. The minimum atomic E-state index is -0.271. The zero-order valence-electron chi connectivity index (χ0n) is 11.5. The first-order valence-electron chi connectivity index (χ1n) is 6.59. The van der Waals surface area contributed by atoms with Crippen molar-refractivity contribution in [3.63, 3.8) is 0 Å². The Morgan fingerprint density at radius 2 is 1.86 bits per heavy atom. The van der Waals surface area contributed by atoms with Gasteiger partial charge in [-0.2, -0.15) is 0 Å². The van der Waals surface area contributed by atoms with Gasteiger partial charge in [0.15, 0.2) is 0 Å². The monoisotopic (exact) mass is 323 g/mol. The molecule has 0 saturated heterocycles. The highest BCUT2D eigenvalue weighted by molar-refractivity contribution is 6.35. The quantitative estimate of drug-likeness (QED) is 0.837. The van der Waals surface area contributed by atoms with E-state index in [4.69, 9.17) is 27.9 Å². The topological polar surface area (TPSA) is 38.3 Å². The molecule has 0 unspecified atom stereocenters. The van der Waals surface area contributed by atoms with Gasteiger partial charge in [0.05, 0.1) is 6.61 Å². The number of rotatable bonds is 5. The molecule has 5 heteroatoms. The number of halogens is 2. The Morgan fingerprint density at radius 3 is 2.52 bits per heavy atom. The molecule has 0 spiro atoms. The second kappa shape index (κ2) is 7.34. The predicted molar refractivity (Wildman–Crippen MR) is 86.6 cm³/mol. The lowest BCUT2D eigenvalue weighted by Crippen LogP contribution is -2.12. The van der Waals surface area contributed by atoms with Crippen molar-refractivity contribution in [2.45, 2.75) is 13.3 Å². The summed E-state index contributed by atoms with van der Waals surface area (Å²) in [6, 6.07) is 12.0. The molecule has 0 atom stereocenters. The zero-order valence-corrected chi connectivity index (χ0v) is 13.0. The molecule has 0 radical (unpaired) electrons. The van der Waals surface area contributed by atoms with Crippen molar-refractivity contribution in [1.29, 1.82) is 0 Å². The predicted octanol–water partition coefficient (Wildman–Crippen LogP) is 5.03. The van der Waals surface area contributed by atoms with Crippen LogP contribution in [0.25, 0.3) is 0 Å². The zero-order chi connectivity index (χ0) is 15.2. The maximum atomic E-state index is 12.2. The van der Waals surface area contributed by atoms with Gasteiger partial charge < -0.3 is 10.1 Å². The molecule has 1 amide bonds. The molecule has 0 aromatic heterocycles. The van der Waals surface area contributed by atoms with Crippen LogP contribution in [0.15, 0.2) is 42.5 Å². The molecular formula is C16H15Cl2NO2. The lowest BCUT2D eigenvalue weighted by Gasteiger charge is -2.09. The molecule has 0 fully saturated rings. The summed E-state index contributed by atoms with van der Waals surface area (Å²) in [5, 5.41) is 3.64. The van der Waals surface area contributed by atoms with Crippen LogP contribution in [0.4, 0.5) is 5.69 Å². The van der Waals surface area contributed by atoms with E-state index in [0.29, 0.717) is 27.9 Å². The molecule has 1 N–H and O–H groups in total. The molecule has 0 saturated carbocycles. The molecule has 0 aliphatic heterocycles. The van der Waals surface area contributed by atoms with Gasteiger partial charge in [0, 0.05) is 27.4 Å². The van der Waals surface area contributed by atoms with Gasteiger partial charge in [-0.15, -0.1) is 0 Å². The Hall–Kier alpha value is -1.71. The van der Waals surface area contributed by atoms with Gasteiger partial charge in [-0.05, 0) is 36.8 Å². The van der Waals surface area contributed by atoms with E-state index in [1.807, 2.05) is 19.1 Å². The first kappa shape index (κ1) is 15.7. The van der Waals surface area contributed by atoms with Crippen molar-refractivity contribution < 1.29 is 9.53 Å². The van der Waals surface area contributed by atoms with E-state index in [-0.39, 0.29) is 5.91 Å². The number of anilines is 1. The fourth-order valence-corrected chi connectivity index (χ4v) is 2.30. The smallest absolute Gasteiger partial charge is 0.255 e. The first-order valence-corrected chi connectivity index (χ1v) is 7.34. The van der Waals surface area contributed by atoms with Gasteiger partial charge in [0.2, 0.25) is 0 Å². The van der Waals surface area contributed by atoms with E-state index in [1.54, 1.807) is 30.3 Å². The normalized spacial score (nSPS) is 10.2. The van der Waals surface area contributed by atoms with Crippen LogP contribution in [0, 0.1) is 0 Å². The van der Waals surface area contributed by atoms with Crippen LogP contribution in [-0.2, 0) is 0 Å². The Balaban J connectivity index is 2.11. The maximum absolute atomic E-state index is 12.2. The molecule has 110 valence electrons. The molecule has 3 nitrogen and oxygen atoms in total. The fraction of sp³-hybridized carbons (Fsp3) is 0.188. The number of carbonyl (C=O) groups excluding carboxylic acids is 1. The summed E-state index contributed by atoms with van der Waals surface area (Å²) < 4.78 is 5.53. The lowest BCUT2D eigenvalue weighted by molar-refractivity contribution is 0.102. The standard InChI is InChI=1S/C16H15Cl2NO2/c1-2-6-21-15-5-3-4-14(10-15)19-16(20)11-7-12(17)9-13(18)8-11/h3-5,7-10H,2,6H2,1H3,(H,19,20). The van der Waals surface area contributed by atoms with Crippen LogP contribution in [0.5, 0.6) is 5.75 Å². The van der Waals surface area contributed by atoms with Crippen LogP contribution < -0.4 is 10.1 Å². The summed E-state index contributed by atoms with van der Waals surface area (Å²) in [4.78, 5) is 12.2. The van der Waals surface area contributed by atoms with E-state index >= 15 is 0 Å². The van der Waals surface area contributed by atoms with Crippen molar-refractivity contribution in [2.24, 2.45) is 0 Å². The maximum Gasteiger partial charge on any atom is 0.255 e. The molecule has 0 heterocycles. The number of hydrogen-bond acceptors (Lipinski definition) is 2. The second-order valence-corrected chi connectivity index (χ2v) is 5.36. The van der Waals surface area contributed by atoms with E-state index in [0.717, 1.165) is 12.2 Å². The van der Waals surface area contributed by atoms with E-state index in [1.165, 1.54) is 0 Å². The molecular weight excluding hydrogens is 309 g/mol. The van der Waals surface area contributed by atoms with Gasteiger partial charge in [-0.1, -0.05) is 36.2 Å². The van der Waals surface area contributed by atoms with Crippen molar-refractivity contribution >= 4 is 34.8 Å². The Labute approximate surface area is 133 Å². The van der Waals surface area contributed by atoms with E-state index < -0.39 is 0 Å².